The topological polar surface area (TPSA) is 125 Å². The van der Waals surface area contributed by atoms with Gasteiger partial charge in [-0.25, -0.2) is 4.79 Å². The third-order valence-electron chi connectivity index (χ3n) is 3.95. The molecule has 148 valence electrons. The largest absolute Gasteiger partial charge is 0.473 e. The molecule has 3 amide bonds. The van der Waals surface area contributed by atoms with E-state index in [0.717, 1.165) is 4.90 Å². The highest BCUT2D eigenvalue weighted by molar-refractivity contribution is 9.11. The number of para-hydroxylation sites is 1. The Hall–Kier alpha value is -1.81. The van der Waals surface area contributed by atoms with Crippen LogP contribution in [-0.2, 0) is 14.3 Å². The van der Waals surface area contributed by atoms with Gasteiger partial charge in [0.15, 0.2) is 0 Å². The number of hydrogen-bond donors (Lipinski definition) is 2. The predicted molar refractivity (Wildman–Crippen MR) is 105 cm³/mol. The molecule has 0 aromatic heterocycles. The van der Waals surface area contributed by atoms with Gasteiger partial charge in [-0.2, -0.15) is 0 Å². The Morgan fingerprint density at radius 2 is 1.74 bits per heavy atom. The molecule has 2 atom stereocenters. The van der Waals surface area contributed by atoms with Crippen molar-refractivity contribution in [3.05, 3.63) is 27.1 Å². The molecule has 1 aliphatic rings. The lowest BCUT2D eigenvalue weighted by atomic mass is 9.98. The van der Waals surface area contributed by atoms with Gasteiger partial charge in [0.1, 0.15) is 17.4 Å². The van der Waals surface area contributed by atoms with Crippen LogP contribution in [0.5, 0.6) is 5.75 Å². The van der Waals surface area contributed by atoms with Crippen LogP contribution >= 0.6 is 31.9 Å². The molecule has 0 radical (unpaired) electrons. The molecule has 8 nitrogen and oxygen atoms in total. The van der Waals surface area contributed by atoms with Crippen molar-refractivity contribution in [2.75, 3.05) is 6.54 Å². The van der Waals surface area contributed by atoms with Gasteiger partial charge in [0.25, 0.3) is 5.91 Å². The number of likely N-dealkylation sites (tertiary alicyclic amines) is 1. The minimum absolute atomic E-state index is 0.176. The van der Waals surface area contributed by atoms with E-state index in [1.54, 1.807) is 39.0 Å². The summed E-state index contributed by atoms with van der Waals surface area (Å²) in [6.07, 6.45) is -0.950. The summed E-state index contributed by atoms with van der Waals surface area (Å²) >= 11 is 6.70. The molecule has 1 aliphatic heterocycles. The van der Waals surface area contributed by atoms with Crippen LogP contribution in [0.2, 0.25) is 0 Å². The molecule has 0 unspecified atom stereocenters. The van der Waals surface area contributed by atoms with E-state index in [-0.39, 0.29) is 13.0 Å². The lowest BCUT2D eigenvalue weighted by Gasteiger charge is -2.29. The number of ether oxygens (including phenoxy) is 2. The van der Waals surface area contributed by atoms with Gasteiger partial charge >= 0.3 is 6.09 Å². The monoisotopic (exact) mass is 505 g/mol. The van der Waals surface area contributed by atoms with Crippen LogP contribution < -0.4 is 16.2 Å². The SMILES string of the molecule is CC(C)(C)OC(=O)N1C[C@@](Oc2c(Br)cccc2Br)(C(N)=O)C[C@H]1C(N)=O. The van der Waals surface area contributed by atoms with Gasteiger partial charge in [0.2, 0.25) is 11.5 Å². The number of primary amides is 2. The molecule has 4 N–H and O–H groups in total. The standard InChI is InChI=1S/C17H21Br2N3O5/c1-16(2,3)27-15(25)22-8-17(14(21)24,7-11(22)13(20)23)26-12-9(18)5-4-6-10(12)19/h4-6,11H,7-8H2,1-3H3,(H2,20,23)(H2,21,24)/t11-,17+/m0/s1. The summed E-state index contributed by atoms with van der Waals surface area (Å²) in [4.78, 5) is 37.9. The minimum Gasteiger partial charge on any atom is -0.473 e. The van der Waals surface area contributed by atoms with E-state index in [2.05, 4.69) is 31.9 Å². The van der Waals surface area contributed by atoms with Crippen LogP contribution in [0.4, 0.5) is 4.79 Å². The third-order valence-corrected chi connectivity index (χ3v) is 5.20. The molecule has 10 heteroatoms. The summed E-state index contributed by atoms with van der Waals surface area (Å²) in [5, 5.41) is 0. The molecular formula is C17H21Br2N3O5. The zero-order chi connectivity index (χ0) is 20.6. The second-order valence-electron chi connectivity index (χ2n) is 7.24. The van der Waals surface area contributed by atoms with Crippen LogP contribution in [0.1, 0.15) is 27.2 Å². The molecule has 0 aliphatic carbocycles. The van der Waals surface area contributed by atoms with Gasteiger partial charge in [-0.15, -0.1) is 0 Å². The van der Waals surface area contributed by atoms with Crippen molar-refractivity contribution in [3.8, 4) is 5.75 Å². The molecule has 1 aromatic carbocycles. The van der Waals surface area contributed by atoms with Crippen LogP contribution in [0.15, 0.2) is 27.1 Å². The Bertz CT molecular complexity index is 760. The average molecular weight is 507 g/mol. The lowest BCUT2D eigenvalue weighted by Crippen LogP contribution is -2.52. The summed E-state index contributed by atoms with van der Waals surface area (Å²) in [7, 11) is 0. The van der Waals surface area contributed by atoms with Crippen molar-refractivity contribution in [1.29, 1.82) is 0 Å². The van der Waals surface area contributed by atoms with E-state index in [1.165, 1.54) is 0 Å². The van der Waals surface area contributed by atoms with Crippen LogP contribution in [0.25, 0.3) is 0 Å². The summed E-state index contributed by atoms with van der Waals surface area (Å²) in [6, 6.07) is 4.13. The van der Waals surface area contributed by atoms with Crippen LogP contribution in [0, 0.1) is 0 Å². The molecule has 2 rings (SSSR count). The minimum atomic E-state index is -1.64. The Morgan fingerprint density at radius 3 is 2.19 bits per heavy atom. The van der Waals surface area contributed by atoms with Gasteiger partial charge in [-0.1, -0.05) is 6.07 Å². The Morgan fingerprint density at radius 1 is 1.19 bits per heavy atom. The molecule has 1 aromatic rings. The first-order valence-corrected chi connectivity index (χ1v) is 9.67. The van der Waals surface area contributed by atoms with Crippen molar-refractivity contribution >= 4 is 49.8 Å². The van der Waals surface area contributed by atoms with Gasteiger partial charge in [-0.05, 0) is 64.8 Å². The van der Waals surface area contributed by atoms with E-state index in [9.17, 15) is 14.4 Å². The first-order valence-electron chi connectivity index (χ1n) is 8.08. The first kappa shape index (κ1) is 21.5. The van der Waals surface area contributed by atoms with Gasteiger partial charge in [-0.3, -0.25) is 14.5 Å². The van der Waals surface area contributed by atoms with Crippen molar-refractivity contribution in [3.63, 3.8) is 0 Å². The molecule has 0 bridgehead atoms. The lowest BCUT2D eigenvalue weighted by molar-refractivity contribution is -0.132. The van der Waals surface area contributed by atoms with Gasteiger partial charge in [0.05, 0.1) is 15.5 Å². The number of carbonyl (C=O) groups excluding carboxylic acids is 3. The summed E-state index contributed by atoms with van der Waals surface area (Å²) in [5.41, 5.74) is 8.63. The second kappa shape index (κ2) is 7.67. The van der Waals surface area contributed by atoms with E-state index >= 15 is 0 Å². The summed E-state index contributed by atoms with van der Waals surface area (Å²) in [6.45, 7) is 4.81. The average Bonchev–Trinajstić information content (AvgIpc) is 2.91. The maximum atomic E-state index is 12.5. The van der Waals surface area contributed by atoms with E-state index in [1.807, 2.05) is 0 Å². The molecule has 0 saturated carbocycles. The molecule has 27 heavy (non-hydrogen) atoms. The van der Waals surface area contributed by atoms with Crippen molar-refractivity contribution in [2.24, 2.45) is 11.5 Å². The number of nitrogens with zero attached hydrogens (tertiary/aromatic N) is 1. The quantitative estimate of drug-likeness (QED) is 0.648. The van der Waals surface area contributed by atoms with Gasteiger partial charge < -0.3 is 20.9 Å². The fraction of sp³-hybridized carbons (Fsp3) is 0.471. The van der Waals surface area contributed by atoms with E-state index in [0.29, 0.717) is 14.7 Å². The number of hydrogen-bond acceptors (Lipinski definition) is 5. The number of carbonyl (C=O) groups is 3. The normalized spacial score (nSPS) is 22.4. The maximum Gasteiger partial charge on any atom is 0.411 e. The maximum absolute atomic E-state index is 12.5. The third kappa shape index (κ3) is 4.73. The molecular weight excluding hydrogens is 486 g/mol. The Kier molecular flexibility index (Phi) is 6.10. The number of nitrogens with two attached hydrogens (primary N) is 2. The zero-order valence-electron chi connectivity index (χ0n) is 15.1. The summed E-state index contributed by atoms with van der Waals surface area (Å²) < 4.78 is 12.4. The highest BCUT2D eigenvalue weighted by atomic mass is 79.9. The molecule has 1 fully saturated rings. The second-order valence-corrected chi connectivity index (χ2v) is 8.95. The number of rotatable bonds is 4. The summed E-state index contributed by atoms with van der Waals surface area (Å²) in [5.74, 6) is -1.27. The molecule has 0 spiro atoms. The van der Waals surface area contributed by atoms with Crippen molar-refractivity contribution in [1.82, 2.24) is 4.90 Å². The van der Waals surface area contributed by atoms with Crippen molar-refractivity contribution < 1.29 is 23.9 Å². The number of amides is 3. The smallest absolute Gasteiger partial charge is 0.411 e. The number of halogens is 2. The highest BCUT2D eigenvalue weighted by Gasteiger charge is 2.55. The van der Waals surface area contributed by atoms with Crippen LogP contribution in [-0.4, -0.2) is 46.6 Å². The molecule has 1 heterocycles. The molecule has 1 saturated heterocycles. The first-order chi connectivity index (χ1) is 12.4. The highest BCUT2D eigenvalue weighted by Crippen LogP contribution is 2.39. The zero-order valence-corrected chi connectivity index (χ0v) is 18.3. The van der Waals surface area contributed by atoms with E-state index in [4.69, 9.17) is 20.9 Å². The van der Waals surface area contributed by atoms with E-state index < -0.39 is 35.2 Å². The Balaban J connectivity index is 2.41. The van der Waals surface area contributed by atoms with Gasteiger partial charge in [0, 0.05) is 6.42 Å². The fourth-order valence-electron chi connectivity index (χ4n) is 2.72. The predicted octanol–water partition coefficient (Wildman–Crippen LogP) is 2.31. The Labute approximate surface area is 173 Å². The fourth-order valence-corrected chi connectivity index (χ4v) is 3.88. The van der Waals surface area contributed by atoms with Crippen molar-refractivity contribution in [2.45, 2.75) is 44.4 Å². The number of benzene rings is 1. The van der Waals surface area contributed by atoms with Crippen LogP contribution in [0.3, 0.4) is 0 Å².